The van der Waals surface area contributed by atoms with Crippen molar-refractivity contribution in [3.8, 4) is 12.0 Å². The third kappa shape index (κ3) is 5.03. The minimum atomic E-state index is -1.04. The zero-order valence-corrected chi connectivity index (χ0v) is 16.2. The average Bonchev–Trinajstić information content (AvgIpc) is 2.71. The van der Waals surface area contributed by atoms with Crippen molar-refractivity contribution in [2.24, 2.45) is 0 Å². The summed E-state index contributed by atoms with van der Waals surface area (Å²) >= 11 is 5.85. The van der Waals surface area contributed by atoms with Crippen LogP contribution in [-0.4, -0.2) is 22.9 Å². The number of carbonyl (C=O) groups excluding carboxylic acids is 2. The molecule has 0 bridgehead atoms. The third-order valence-corrected chi connectivity index (χ3v) is 4.46. The first-order chi connectivity index (χ1) is 14.0. The third-order valence-electron chi connectivity index (χ3n) is 4.21. The molecule has 0 aliphatic carbocycles. The Kier molecular flexibility index (Phi) is 6.32. The van der Waals surface area contributed by atoms with Gasteiger partial charge in [0.15, 0.2) is 0 Å². The Morgan fingerprint density at radius 1 is 1.17 bits per heavy atom. The Morgan fingerprint density at radius 3 is 2.62 bits per heavy atom. The first-order valence-electron chi connectivity index (χ1n) is 8.77. The van der Waals surface area contributed by atoms with Gasteiger partial charge in [0.05, 0.1) is 0 Å². The number of amides is 1. The molecule has 1 unspecified atom stereocenters. The predicted molar refractivity (Wildman–Crippen MR) is 111 cm³/mol. The van der Waals surface area contributed by atoms with Crippen molar-refractivity contribution in [1.29, 1.82) is 0 Å². The van der Waals surface area contributed by atoms with Gasteiger partial charge >= 0.3 is 5.97 Å². The second-order valence-electron chi connectivity index (χ2n) is 6.21. The minimum Gasteiger partial charge on any atom is -0.371 e. The Morgan fingerprint density at radius 2 is 1.90 bits per heavy atom. The summed E-state index contributed by atoms with van der Waals surface area (Å²) in [5, 5.41) is 3.92. The monoisotopic (exact) mass is 408 g/mol. The molecule has 29 heavy (non-hydrogen) atoms. The number of aromatic amines is 1. The van der Waals surface area contributed by atoms with E-state index in [1.54, 1.807) is 36.4 Å². The largest absolute Gasteiger partial charge is 0.371 e. The molecule has 2 aromatic carbocycles. The normalized spacial score (nSPS) is 11.2. The number of para-hydroxylation sites is 1. The maximum absolute atomic E-state index is 12.6. The molecule has 0 spiro atoms. The molecule has 0 saturated carbocycles. The number of fused-ring (bicyclic) bond motifs is 1. The minimum absolute atomic E-state index is 0.0635. The lowest BCUT2D eigenvalue weighted by Gasteiger charge is -2.17. The number of pyridine rings is 1. The molecule has 7 heteroatoms. The number of ether oxygens (including phenoxy) is 1. The summed E-state index contributed by atoms with van der Waals surface area (Å²) in [4.78, 5) is 39.9. The van der Waals surface area contributed by atoms with E-state index in [-0.39, 0.29) is 12.0 Å². The quantitative estimate of drug-likeness (QED) is 0.501. The van der Waals surface area contributed by atoms with Gasteiger partial charge in [0, 0.05) is 40.9 Å². The van der Waals surface area contributed by atoms with Crippen LogP contribution in [0.25, 0.3) is 10.9 Å². The molecule has 2 N–H and O–H groups in total. The molecule has 146 valence electrons. The highest BCUT2D eigenvalue weighted by Gasteiger charge is 2.24. The number of carbonyl (C=O) groups is 2. The van der Waals surface area contributed by atoms with Crippen LogP contribution in [0.5, 0.6) is 0 Å². The summed E-state index contributed by atoms with van der Waals surface area (Å²) in [6.07, 6.45) is 2.31. The fourth-order valence-corrected chi connectivity index (χ4v) is 3.00. The highest BCUT2D eigenvalue weighted by Crippen LogP contribution is 2.17. The van der Waals surface area contributed by atoms with Crippen LogP contribution in [0.1, 0.15) is 22.8 Å². The van der Waals surface area contributed by atoms with Gasteiger partial charge in [-0.05, 0) is 35.9 Å². The molecule has 1 amide bonds. The van der Waals surface area contributed by atoms with Gasteiger partial charge in [0.2, 0.25) is 5.56 Å². The fourth-order valence-electron chi connectivity index (χ4n) is 2.87. The molecule has 1 heterocycles. The molecule has 1 aromatic heterocycles. The van der Waals surface area contributed by atoms with E-state index in [0.717, 1.165) is 5.39 Å². The van der Waals surface area contributed by atoms with Crippen LogP contribution < -0.4 is 10.9 Å². The number of hydrogen-bond donors (Lipinski definition) is 2. The van der Waals surface area contributed by atoms with Gasteiger partial charge in [0.1, 0.15) is 12.1 Å². The average molecular weight is 409 g/mol. The Balaban J connectivity index is 1.92. The summed E-state index contributed by atoms with van der Waals surface area (Å²) in [7, 11) is 0. The molecular weight excluding hydrogens is 392 g/mol. The van der Waals surface area contributed by atoms with Crippen molar-refractivity contribution in [3.05, 3.63) is 81.1 Å². The number of nitrogens with one attached hydrogen (secondary N) is 2. The topological polar surface area (TPSA) is 88.3 Å². The van der Waals surface area contributed by atoms with E-state index in [1.807, 2.05) is 12.1 Å². The van der Waals surface area contributed by atoms with Crippen LogP contribution in [0.3, 0.4) is 0 Å². The lowest BCUT2D eigenvalue weighted by Crippen LogP contribution is -2.43. The van der Waals surface area contributed by atoms with Gasteiger partial charge in [-0.15, -0.1) is 0 Å². The summed E-state index contributed by atoms with van der Waals surface area (Å²) in [5.41, 5.74) is 1.28. The van der Waals surface area contributed by atoms with Crippen LogP contribution in [0.2, 0.25) is 5.02 Å². The molecule has 6 nitrogen and oxygen atoms in total. The lowest BCUT2D eigenvalue weighted by molar-refractivity contribution is -0.139. The second-order valence-corrected chi connectivity index (χ2v) is 6.65. The number of benzene rings is 2. The molecule has 0 saturated heterocycles. The zero-order valence-electron chi connectivity index (χ0n) is 15.5. The van der Waals surface area contributed by atoms with Crippen molar-refractivity contribution in [1.82, 2.24) is 10.3 Å². The number of esters is 1. The van der Waals surface area contributed by atoms with E-state index in [0.29, 0.717) is 21.7 Å². The highest BCUT2D eigenvalue weighted by molar-refractivity contribution is 6.30. The fraction of sp³-hybridized carbons (Fsp3) is 0.136. The van der Waals surface area contributed by atoms with E-state index in [4.69, 9.17) is 16.3 Å². The van der Waals surface area contributed by atoms with E-state index < -0.39 is 17.9 Å². The summed E-state index contributed by atoms with van der Waals surface area (Å²) in [6, 6.07) is 13.8. The molecule has 0 radical (unpaired) electrons. The highest BCUT2D eigenvalue weighted by atomic mass is 35.5. The standard InChI is InChI=1S/C22H17ClN2O4/c1-2-11-29-22(28)19(25-21(27)14-7-9-16(23)10-8-14)12-15-13-20(26)24-18-6-4-3-5-17(15)18/h3-10,13,19H,12H2,1H3,(H,24,26)(H,25,27). The molecular formula is C22H17ClN2O4. The van der Waals surface area contributed by atoms with Crippen molar-refractivity contribution in [2.45, 2.75) is 19.4 Å². The Bertz CT molecular complexity index is 1170. The van der Waals surface area contributed by atoms with Crippen molar-refractivity contribution in [2.75, 3.05) is 0 Å². The molecule has 0 fully saturated rings. The van der Waals surface area contributed by atoms with Gasteiger partial charge in [-0.1, -0.05) is 35.7 Å². The van der Waals surface area contributed by atoms with E-state index >= 15 is 0 Å². The van der Waals surface area contributed by atoms with Gasteiger partial charge in [-0.2, -0.15) is 0 Å². The molecule has 0 aliphatic heterocycles. The number of H-pyrrole nitrogens is 1. The summed E-state index contributed by atoms with van der Waals surface area (Å²) in [6.45, 7) is 1.53. The molecule has 1 atom stereocenters. The smallest absolute Gasteiger partial charge is 0.342 e. The first-order valence-corrected chi connectivity index (χ1v) is 9.15. The first kappa shape index (κ1) is 20.2. The maximum Gasteiger partial charge on any atom is 0.342 e. The molecule has 3 aromatic rings. The Hall–Kier alpha value is -3.56. The number of rotatable bonds is 5. The van der Waals surface area contributed by atoms with E-state index in [1.165, 1.54) is 13.0 Å². The van der Waals surface area contributed by atoms with E-state index in [2.05, 4.69) is 22.3 Å². The van der Waals surface area contributed by atoms with Gasteiger partial charge in [0.25, 0.3) is 5.91 Å². The van der Waals surface area contributed by atoms with Crippen LogP contribution in [0, 0.1) is 12.0 Å². The van der Waals surface area contributed by atoms with Crippen LogP contribution >= 0.6 is 11.6 Å². The van der Waals surface area contributed by atoms with Crippen molar-refractivity contribution < 1.29 is 14.3 Å². The summed E-state index contributed by atoms with van der Waals surface area (Å²) in [5.74, 6) is 1.29. The van der Waals surface area contributed by atoms with Crippen molar-refractivity contribution >= 4 is 34.4 Å². The van der Waals surface area contributed by atoms with Gasteiger partial charge in [-0.3, -0.25) is 9.59 Å². The van der Waals surface area contributed by atoms with Crippen LogP contribution in [0.4, 0.5) is 0 Å². The molecule has 3 rings (SSSR count). The number of hydrogen-bond acceptors (Lipinski definition) is 4. The van der Waals surface area contributed by atoms with Gasteiger partial charge in [-0.25, -0.2) is 4.79 Å². The lowest BCUT2D eigenvalue weighted by atomic mass is 10.0. The number of aromatic nitrogens is 1. The van der Waals surface area contributed by atoms with Crippen LogP contribution in [-0.2, 0) is 16.0 Å². The van der Waals surface area contributed by atoms with Crippen LogP contribution in [0.15, 0.2) is 59.4 Å². The maximum atomic E-state index is 12.6. The van der Waals surface area contributed by atoms with Gasteiger partial charge < -0.3 is 15.0 Å². The second kappa shape index (κ2) is 9.09. The molecule has 0 aliphatic rings. The predicted octanol–water partition coefficient (Wildman–Crippen LogP) is 3.05. The van der Waals surface area contributed by atoms with Crippen molar-refractivity contribution in [3.63, 3.8) is 0 Å². The zero-order chi connectivity index (χ0) is 20.8. The Labute approximate surface area is 171 Å². The summed E-state index contributed by atoms with van der Waals surface area (Å²) < 4.78 is 4.90. The SMILES string of the molecule is CC#COC(=O)C(Cc1cc(=O)[nH]c2ccccc12)NC(=O)c1ccc(Cl)cc1. The van der Waals surface area contributed by atoms with E-state index in [9.17, 15) is 14.4 Å². The number of halogens is 1.